The number of carbonyl (C=O) groups excluding carboxylic acids is 1. The summed E-state index contributed by atoms with van der Waals surface area (Å²) >= 11 is 0. The van der Waals surface area contributed by atoms with Gasteiger partial charge in [-0.25, -0.2) is 0 Å². The Morgan fingerprint density at radius 3 is 2.65 bits per heavy atom. The maximum Gasteiger partial charge on any atom is 0.221 e. The van der Waals surface area contributed by atoms with E-state index in [0.717, 1.165) is 38.9 Å². The van der Waals surface area contributed by atoms with E-state index in [2.05, 4.69) is 10.2 Å². The van der Waals surface area contributed by atoms with Crippen molar-refractivity contribution in [3.8, 4) is 0 Å². The van der Waals surface area contributed by atoms with Crippen LogP contribution in [0.15, 0.2) is 0 Å². The second-order valence-corrected chi connectivity index (χ2v) is 5.40. The highest BCUT2D eigenvalue weighted by Gasteiger charge is 2.39. The van der Waals surface area contributed by atoms with Crippen molar-refractivity contribution in [3.05, 3.63) is 0 Å². The molecule has 0 bridgehead atoms. The Bertz CT molecular complexity index is 296. The molecule has 1 N–H and O–H groups in total. The van der Waals surface area contributed by atoms with Crippen molar-refractivity contribution < 1.29 is 19.0 Å². The van der Waals surface area contributed by atoms with Crippen LogP contribution in [0.4, 0.5) is 0 Å². The minimum absolute atomic E-state index is 0.120. The molecule has 1 amide bonds. The van der Waals surface area contributed by atoms with Crippen molar-refractivity contribution in [3.63, 3.8) is 0 Å². The highest BCUT2D eigenvalue weighted by molar-refractivity contribution is 5.75. The fourth-order valence-electron chi connectivity index (χ4n) is 2.70. The van der Waals surface area contributed by atoms with E-state index in [0.29, 0.717) is 32.8 Å². The number of rotatable bonds is 7. The number of piperidine rings is 1. The number of likely N-dealkylation sites (tertiary alicyclic amines) is 1. The van der Waals surface area contributed by atoms with E-state index in [1.807, 2.05) is 0 Å². The smallest absolute Gasteiger partial charge is 0.221 e. The first kappa shape index (κ1) is 15.7. The molecule has 20 heavy (non-hydrogen) atoms. The zero-order chi connectivity index (χ0) is 14.3. The molecule has 1 spiro atoms. The van der Waals surface area contributed by atoms with Gasteiger partial charge in [-0.1, -0.05) is 0 Å². The van der Waals surface area contributed by atoms with Crippen LogP contribution in [0.1, 0.15) is 25.7 Å². The van der Waals surface area contributed by atoms with Gasteiger partial charge in [0.1, 0.15) is 0 Å². The van der Waals surface area contributed by atoms with Gasteiger partial charge < -0.3 is 24.4 Å². The monoisotopic (exact) mass is 286 g/mol. The summed E-state index contributed by atoms with van der Waals surface area (Å²) in [7, 11) is 1.67. The average Bonchev–Trinajstić information content (AvgIpc) is 2.91. The largest absolute Gasteiger partial charge is 0.385 e. The van der Waals surface area contributed by atoms with Gasteiger partial charge in [0.05, 0.1) is 13.2 Å². The maximum atomic E-state index is 11.7. The van der Waals surface area contributed by atoms with E-state index < -0.39 is 0 Å². The van der Waals surface area contributed by atoms with E-state index in [1.54, 1.807) is 7.11 Å². The van der Waals surface area contributed by atoms with Gasteiger partial charge in [-0.2, -0.15) is 0 Å². The Morgan fingerprint density at radius 1 is 1.30 bits per heavy atom. The van der Waals surface area contributed by atoms with Gasteiger partial charge in [0.15, 0.2) is 5.79 Å². The summed E-state index contributed by atoms with van der Waals surface area (Å²) in [6.07, 6.45) is 3.23. The molecule has 0 aromatic carbocycles. The zero-order valence-corrected chi connectivity index (χ0v) is 12.4. The molecule has 6 heteroatoms. The molecule has 6 nitrogen and oxygen atoms in total. The lowest BCUT2D eigenvalue weighted by Gasteiger charge is -2.37. The minimum atomic E-state index is -0.321. The van der Waals surface area contributed by atoms with Crippen LogP contribution in [-0.2, 0) is 19.0 Å². The summed E-state index contributed by atoms with van der Waals surface area (Å²) in [5, 5.41) is 2.91. The van der Waals surface area contributed by atoms with E-state index in [-0.39, 0.29) is 11.7 Å². The minimum Gasteiger partial charge on any atom is -0.385 e. The van der Waals surface area contributed by atoms with Gasteiger partial charge in [0.25, 0.3) is 0 Å². The van der Waals surface area contributed by atoms with E-state index in [1.165, 1.54) is 0 Å². The highest BCUT2D eigenvalue weighted by Crippen LogP contribution is 2.31. The van der Waals surface area contributed by atoms with Gasteiger partial charge >= 0.3 is 0 Å². The predicted octanol–water partition coefficient (Wildman–Crippen LogP) is 0.368. The molecule has 2 aliphatic rings. The van der Waals surface area contributed by atoms with Crippen LogP contribution in [0.3, 0.4) is 0 Å². The Balaban J connectivity index is 1.55. The topological polar surface area (TPSA) is 60.0 Å². The maximum absolute atomic E-state index is 11.7. The average molecular weight is 286 g/mol. The molecule has 2 heterocycles. The van der Waals surface area contributed by atoms with E-state index >= 15 is 0 Å². The molecular formula is C14H26N2O4. The van der Waals surface area contributed by atoms with Gasteiger partial charge in [-0.15, -0.1) is 0 Å². The molecule has 0 radical (unpaired) electrons. The molecule has 0 unspecified atom stereocenters. The van der Waals surface area contributed by atoms with Crippen LogP contribution in [0, 0.1) is 0 Å². The molecule has 2 rings (SSSR count). The van der Waals surface area contributed by atoms with Gasteiger partial charge in [-0.3, -0.25) is 4.79 Å². The third-order valence-electron chi connectivity index (χ3n) is 3.93. The number of nitrogens with zero attached hydrogens (tertiary/aromatic N) is 1. The van der Waals surface area contributed by atoms with Crippen LogP contribution >= 0.6 is 0 Å². The van der Waals surface area contributed by atoms with Crippen LogP contribution < -0.4 is 5.32 Å². The molecule has 0 aliphatic carbocycles. The zero-order valence-electron chi connectivity index (χ0n) is 12.4. The van der Waals surface area contributed by atoms with Gasteiger partial charge in [0.2, 0.25) is 5.91 Å². The second kappa shape index (κ2) is 7.93. The van der Waals surface area contributed by atoms with Crippen LogP contribution in [-0.4, -0.2) is 69.7 Å². The molecule has 2 aliphatic heterocycles. The van der Waals surface area contributed by atoms with Gasteiger partial charge in [-0.05, 0) is 6.42 Å². The lowest BCUT2D eigenvalue weighted by Crippen LogP contribution is -2.46. The third-order valence-corrected chi connectivity index (χ3v) is 3.93. The van der Waals surface area contributed by atoms with Crippen molar-refractivity contribution in [2.75, 3.05) is 53.1 Å². The van der Waals surface area contributed by atoms with E-state index in [9.17, 15) is 4.79 Å². The number of ether oxygens (including phenoxy) is 3. The highest BCUT2D eigenvalue weighted by atomic mass is 16.7. The standard InChI is InChI=1S/C14H26N2O4/c1-18-10-2-6-15-13(17)3-7-16-8-4-14(5-9-16)19-11-12-20-14/h2-12H2,1H3,(H,15,17). The Kier molecular flexibility index (Phi) is 6.22. The molecule has 116 valence electrons. The van der Waals surface area contributed by atoms with Gasteiger partial charge in [0, 0.05) is 59.2 Å². The van der Waals surface area contributed by atoms with Crippen molar-refractivity contribution >= 4 is 5.91 Å². The Hall–Kier alpha value is -0.690. The third kappa shape index (κ3) is 4.70. The van der Waals surface area contributed by atoms with Crippen molar-refractivity contribution in [2.24, 2.45) is 0 Å². The number of hydrogen-bond acceptors (Lipinski definition) is 5. The Morgan fingerprint density at radius 2 is 2.00 bits per heavy atom. The summed E-state index contributed by atoms with van der Waals surface area (Å²) in [6.45, 7) is 5.50. The fraction of sp³-hybridized carbons (Fsp3) is 0.929. The number of carbonyl (C=O) groups is 1. The molecule has 0 saturated carbocycles. The molecule has 0 aromatic heterocycles. The van der Waals surface area contributed by atoms with Crippen LogP contribution in [0.2, 0.25) is 0 Å². The predicted molar refractivity (Wildman–Crippen MR) is 74.4 cm³/mol. The second-order valence-electron chi connectivity index (χ2n) is 5.40. The quantitative estimate of drug-likeness (QED) is 0.685. The normalized spacial score (nSPS) is 22.2. The summed E-state index contributed by atoms with van der Waals surface area (Å²) in [4.78, 5) is 14.0. The molecule has 0 atom stereocenters. The Labute approximate surface area is 120 Å². The van der Waals surface area contributed by atoms with E-state index in [4.69, 9.17) is 14.2 Å². The number of amides is 1. The van der Waals surface area contributed by atoms with Crippen LogP contribution in [0.5, 0.6) is 0 Å². The number of methoxy groups -OCH3 is 1. The molecular weight excluding hydrogens is 260 g/mol. The van der Waals surface area contributed by atoms with Crippen molar-refractivity contribution in [1.82, 2.24) is 10.2 Å². The first-order chi connectivity index (χ1) is 9.74. The summed E-state index contributed by atoms with van der Waals surface area (Å²) in [6, 6.07) is 0. The van der Waals surface area contributed by atoms with Crippen LogP contribution in [0.25, 0.3) is 0 Å². The molecule has 2 saturated heterocycles. The number of nitrogens with one attached hydrogen (secondary N) is 1. The summed E-state index contributed by atoms with van der Waals surface area (Å²) < 4.78 is 16.3. The van der Waals surface area contributed by atoms with Crippen molar-refractivity contribution in [1.29, 1.82) is 0 Å². The fourth-order valence-corrected chi connectivity index (χ4v) is 2.70. The lowest BCUT2D eigenvalue weighted by molar-refractivity contribution is -0.185. The number of hydrogen-bond donors (Lipinski definition) is 1. The lowest BCUT2D eigenvalue weighted by atomic mass is 10.0. The summed E-state index contributed by atoms with van der Waals surface area (Å²) in [5.74, 6) is -0.200. The first-order valence-electron chi connectivity index (χ1n) is 7.50. The molecule has 2 fully saturated rings. The SMILES string of the molecule is COCCCNC(=O)CCN1CCC2(CC1)OCCO2. The first-order valence-corrected chi connectivity index (χ1v) is 7.50. The molecule has 0 aromatic rings. The van der Waals surface area contributed by atoms with Crippen molar-refractivity contribution in [2.45, 2.75) is 31.5 Å². The summed E-state index contributed by atoms with van der Waals surface area (Å²) in [5.41, 5.74) is 0.